The van der Waals surface area contributed by atoms with Crippen molar-refractivity contribution in [1.82, 2.24) is 5.32 Å². The zero-order valence-electron chi connectivity index (χ0n) is 10.3. The molecule has 1 N–H and O–H groups in total. The number of alkyl halides is 1. The lowest BCUT2D eigenvalue weighted by Crippen LogP contribution is -2.32. The van der Waals surface area contributed by atoms with Gasteiger partial charge in [0.2, 0.25) is 5.91 Å². The first kappa shape index (κ1) is 15.8. The normalized spacial score (nSPS) is 12.6. The summed E-state index contributed by atoms with van der Waals surface area (Å²) < 4.78 is 0. The Balaban J connectivity index is 2.47. The van der Waals surface area contributed by atoms with Crippen LogP contribution >= 0.6 is 39.1 Å². The second-order valence-corrected chi connectivity index (χ2v) is 6.48. The quantitative estimate of drug-likeness (QED) is 0.795. The topological polar surface area (TPSA) is 29.1 Å². The van der Waals surface area contributed by atoms with E-state index in [-0.39, 0.29) is 10.7 Å². The molecule has 1 rings (SSSR count). The van der Waals surface area contributed by atoms with Crippen LogP contribution in [0.4, 0.5) is 0 Å². The molecule has 0 aliphatic rings. The van der Waals surface area contributed by atoms with Crippen molar-refractivity contribution in [1.29, 1.82) is 0 Å². The maximum absolute atomic E-state index is 11.7. The third-order valence-electron chi connectivity index (χ3n) is 2.57. The maximum atomic E-state index is 11.7. The van der Waals surface area contributed by atoms with Gasteiger partial charge < -0.3 is 5.32 Å². The van der Waals surface area contributed by atoms with E-state index in [1.165, 1.54) is 0 Å². The minimum Gasteiger partial charge on any atom is -0.355 e. The molecule has 0 saturated heterocycles. The summed E-state index contributed by atoms with van der Waals surface area (Å²) in [4.78, 5) is 12.0. The van der Waals surface area contributed by atoms with Gasteiger partial charge in [-0.15, -0.1) is 0 Å². The number of amides is 1. The van der Waals surface area contributed by atoms with Crippen LogP contribution < -0.4 is 5.32 Å². The highest BCUT2D eigenvalue weighted by molar-refractivity contribution is 9.09. The third kappa shape index (κ3) is 5.17. The first-order valence-electron chi connectivity index (χ1n) is 5.75. The van der Waals surface area contributed by atoms with Gasteiger partial charge in [0.05, 0.1) is 16.5 Å². The summed E-state index contributed by atoms with van der Waals surface area (Å²) in [6, 6.07) is 5.23. The Morgan fingerprint density at radius 1 is 1.33 bits per heavy atom. The highest BCUT2D eigenvalue weighted by atomic mass is 79.9. The number of hydrogen-bond donors (Lipinski definition) is 1. The van der Waals surface area contributed by atoms with E-state index < -0.39 is 0 Å². The van der Waals surface area contributed by atoms with Crippen LogP contribution in [0.2, 0.25) is 10.0 Å². The van der Waals surface area contributed by atoms with Crippen molar-refractivity contribution in [2.75, 3.05) is 6.54 Å². The summed E-state index contributed by atoms with van der Waals surface area (Å²) >= 11 is 15.2. The standard InChI is InChI=1S/C13H16BrCl2NO/c1-8(2)10(14)7-17-13(18)6-9-3-4-11(15)12(16)5-9/h3-5,8,10H,6-7H2,1-2H3,(H,17,18). The Morgan fingerprint density at radius 3 is 2.56 bits per heavy atom. The predicted octanol–water partition coefficient (Wildman–Crippen LogP) is 4.07. The lowest BCUT2D eigenvalue weighted by Gasteiger charge is -2.14. The van der Waals surface area contributed by atoms with E-state index in [0.717, 1.165) is 5.56 Å². The van der Waals surface area contributed by atoms with E-state index in [4.69, 9.17) is 23.2 Å². The Labute approximate surface area is 126 Å². The minimum atomic E-state index is -0.0153. The number of hydrogen-bond acceptors (Lipinski definition) is 1. The Morgan fingerprint density at radius 2 is 2.00 bits per heavy atom. The van der Waals surface area contributed by atoms with Gasteiger partial charge in [0, 0.05) is 11.4 Å². The van der Waals surface area contributed by atoms with Crippen LogP contribution in [0.25, 0.3) is 0 Å². The van der Waals surface area contributed by atoms with Crippen LogP contribution in [-0.4, -0.2) is 17.3 Å². The predicted molar refractivity (Wildman–Crippen MR) is 80.7 cm³/mol. The van der Waals surface area contributed by atoms with Crippen LogP contribution in [0.1, 0.15) is 19.4 Å². The highest BCUT2D eigenvalue weighted by Crippen LogP contribution is 2.22. The summed E-state index contributed by atoms with van der Waals surface area (Å²) in [7, 11) is 0. The minimum absolute atomic E-state index is 0.0153. The van der Waals surface area contributed by atoms with Crippen molar-refractivity contribution >= 4 is 45.0 Å². The number of rotatable bonds is 5. The molecule has 0 spiro atoms. The molecule has 2 nitrogen and oxygen atoms in total. The van der Waals surface area contributed by atoms with Gasteiger partial charge in [-0.05, 0) is 23.6 Å². The van der Waals surface area contributed by atoms with Crippen LogP contribution in [0.3, 0.4) is 0 Å². The molecule has 1 amide bonds. The number of benzene rings is 1. The summed E-state index contributed by atoms with van der Waals surface area (Å²) in [5, 5.41) is 3.86. The number of halogens is 3. The molecule has 1 aromatic carbocycles. The van der Waals surface area contributed by atoms with Gasteiger partial charge in [-0.25, -0.2) is 0 Å². The maximum Gasteiger partial charge on any atom is 0.224 e. The lowest BCUT2D eigenvalue weighted by atomic mass is 10.1. The fourth-order valence-corrected chi connectivity index (χ4v) is 1.83. The molecule has 0 saturated carbocycles. The van der Waals surface area contributed by atoms with Crippen molar-refractivity contribution in [3.8, 4) is 0 Å². The van der Waals surface area contributed by atoms with Crippen molar-refractivity contribution in [3.05, 3.63) is 33.8 Å². The molecule has 18 heavy (non-hydrogen) atoms. The molecule has 1 aromatic rings. The fourth-order valence-electron chi connectivity index (χ4n) is 1.34. The van der Waals surface area contributed by atoms with E-state index in [9.17, 15) is 4.79 Å². The molecular formula is C13H16BrCl2NO. The van der Waals surface area contributed by atoms with Crippen LogP contribution in [-0.2, 0) is 11.2 Å². The number of carbonyl (C=O) groups is 1. The van der Waals surface area contributed by atoms with Crippen LogP contribution in [0, 0.1) is 5.92 Å². The van der Waals surface area contributed by atoms with Crippen LogP contribution in [0.5, 0.6) is 0 Å². The van der Waals surface area contributed by atoms with Gasteiger partial charge in [0.25, 0.3) is 0 Å². The van der Waals surface area contributed by atoms with Crippen molar-refractivity contribution in [2.24, 2.45) is 5.92 Å². The molecule has 1 unspecified atom stereocenters. The molecule has 0 aromatic heterocycles. The van der Waals surface area contributed by atoms with E-state index in [1.807, 2.05) is 6.07 Å². The third-order valence-corrected chi connectivity index (χ3v) is 4.69. The number of carbonyl (C=O) groups excluding carboxylic acids is 1. The molecule has 0 radical (unpaired) electrons. The monoisotopic (exact) mass is 351 g/mol. The fraction of sp³-hybridized carbons (Fsp3) is 0.462. The molecular weight excluding hydrogens is 337 g/mol. The molecule has 0 bridgehead atoms. The number of nitrogens with one attached hydrogen (secondary N) is 1. The average molecular weight is 353 g/mol. The second-order valence-electron chi connectivity index (χ2n) is 4.49. The largest absolute Gasteiger partial charge is 0.355 e. The zero-order valence-corrected chi connectivity index (χ0v) is 13.4. The van der Waals surface area contributed by atoms with Gasteiger partial charge in [-0.2, -0.15) is 0 Å². The van der Waals surface area contributed by atoms with Gasteiger partial charge >= 0.3 is 0 Å². The van der Waals surface area contributed by atoms with E-state index in [2.05, 4.69) is 35.1 Å². The Hall–Kier alpha value is -0.250. The molecule has 0 aliphatic carbocycles. The average Bonchev–Trinajstić information content (AvgIpc) is 2.30. The van der Waals surface area contributed by atoms with Gasteiger partial charge in [0.15, 0.2) is 0 Å². The van der Waals surface area contributed by atoms with Gasteiger partial charge in [0.1, 0.15) is 0 Å². The summed E-state index contributed by atoms with van der Waals surface area (Å²) in [6.45, 7) is 4.83. The lowest BCUT2D eigenvalue weighted by molar-refractivity contribution is -0.120. The summed E-state index contributed by atoms with van der Waals surface area (Å²) in [6.07, 6.45) is 0.314. The molecule has 1 atom stereocenters. The first-order valence-corrected chi connectivity index (χ1v) is 7.42. The summed E-state index contributed by atoms with van der Waals surface area (Å²) in [5.74, 6) is 0.466. The first-order chi connectivity index (χ1) is 8.40. The van der Waals surface area contributed by atoms with Crippen molar-refractivity contribution in [3.63, 3.8) is 0 Å². The van der Waals surface area contributed by atoms with Gasteiger partial charge in [-0.3, -0.25) is 4.79 Å². The molecule has 0 fully saturated rings. The molecule has 0 aliphatic heterocycles. The summed E-state index contributed by atoms with van der Waals surface area (Å²) in [5.41, 5.74) is 0.859. The molecule has 0 heterocycles. The zero-order chi connectivity index (χ0) is 13.7. The van der Waals surface area contributed by atoms with E-state index in [0.29, 0.717) is 28.9 Å². The van der Waals surface area contributed by atoms with Crippen LogP contribution in [0.15, 0.2) is 18.2 Å². The Kier molecular flexibility index (Phi) is 6.47. The highest BCUT2D eigenvalue weighted by Gasteiger charge is 2.11. The van der Waals surface area contributed by atoms with Crippen molar-refractivity contribution < 1.29 is 4.79 Å². The SMILES string of the molecule is CC(C)C(Br)CNC(=O)Cc1ccc(Cl)c(Cl)c1. The molecule has 5 heteroatoms. The van der Waals surface area contributed by atoms with E-state index in [1.54, 1.807) is 12.1 Å². The van der Waals surface area contributed by atoms with Gasteiger partial charge in [-0.1, -0.05) is 59.0 Å². The van der Waals surface area contributed by atoms with Crippen molar-refractivity contribution in [2.45, 2.75) is 25.1 Å². The van der Waals surface area contributed by atoms with E-state index >= 15 is 0 Å². The second kappa shape index (κ2) is 7.37. The molecule has 100 valence electrons. The smallest absolute Gasteiger partial charge is 0.224 e. The Bertz CT molecular complexity index is 423.